The number of hydrogen-bond donors (Lipinski definition) is 2. The van der Waals surface area contributed by atoms with Gasteiger partial charge in [-0.3, -0.25) is 14.5 Å². The lowest BCUT2D eigenvalue weighted by Crippen LogP contribution is -2.42. The predicted octanol–water partition coefficient (Wildman–Crippen LogP) is 3.15. The van der Waals surface area contributed by atoms with Crippen LogP contribution in [0.4, 0.5) is 5.69 Å². The van der Waals surface area contributed by atoms with Gasteiger partial charge < -0.3 is 10.6 Å². The Morgan fingerprint density at radius 1 is 1.08 bits per heavy atom. The second-order valence-electron chi connectivity index (χ2n) is 6.64. The maximum atomic E-state index is 12.0. The molecule has 0 heterocycles. The number of anilines is 1. The first-order valence-corrected chi connectivity index (χ1v) is 8.68. The van der Waals surface area contributed by atoms with E-state index in [0.29, 0.717) is 16.6 Å². The van der Waals surface area contributed by atoms with E-state index in [1.54, 1.807) is 36.2 Å². The SMILES string of the molecule is CC(C)CC[C@H](C)NC(=O)CN(C)CC(=O)Nc1ccccc1Cl. The maximum Gasteiger partial charge on any atom is 0.238 e. The fraction of sp³-hybridized carbons (Fsp3) is 0.556. The smallest absolute Gasteiger partial charge is 0.238 e. The number of halogens is 1. The largest absolute Gasteiger partial charge is 0.353 e. The molecule has 1 aromatic rings. The summed E-state index contributed by atoms with van der Waals surface area (Å²) in [4.78, 5) is 25.7. The molecule has 6 heteroatoms. The van der Waals surface area contributed by atoms with Crippen LogP contribution in [0.15, 0.2) is 24.3 Å². The molecule has 0 radical (unpaired) electrons. The number of carbonyl (C=O) groups excluding carboxylic acids is 2. The van der Waals surface area contributed by atoms with Crippen molar-refractivity contribution in [3.8, 4) is 0 Å². The van der Waals surface area contributed by atoms with Gasteiger partial charge in [0.25, 0.3) is 0 Å². The third kappa shape index (κ3) is 8.31. The van der Waals surface area contributed by atoms with Crippen molar-refractivity contribution in [3.05, 3.63) is 29.3 Å². The number of carbonyl (C=O) groups is 2. The minimum Gasteiger partial charge on any atom is -0.353 e. The minimum absolute atomic E-state index is 0.0701. The van der Waals surface area contributed by atoms with Gasteiger partial charge in [-0.2, -0.15) is 0 Å². The molecular weight excluding hydrogens is 326 g/mol. The van der Waals surface area contributed by atoms with E-state index in [0.717, 1.165) is 12.8 Å². The van der Waals surface area contributed by atoms with Gasteiger partial charge in [0.1, 0.15) is 0 Å². The zero-order valence-electron chi connectivity index (χ0n) is 14.9. The molecule has 0 fully saturated rings. The highest BCUT2D eigenvalue weighted by Gasteiger charge is 2.13. The topological polar surface area (TPSA) is 61.4 Å². The van der Waals surface area contributed by atoms with Crippen LogP contribution in [-0.4, -0.2) is 42.9 Å². The Morgan fingerprint density at radius 3 is 2.33 bits per heavy atom. The second-order valence-corrected chi connectivity index (χ2v) is 7.05. The zero-order chi connectivity index (χ0) is 18.1. The van der Waals surface area contributed by atoms with E-state index in [1.807, 2.05) is 6.92 Å². The predicted molar refractivity (Wildman–Crippen MR) is 99.3 cm³/mol. The van der Waals surface area contributed by atoms with Crippen LogP contribution in [0.2, 0.25) is 5.02 Å². The lowest BCUT2D eigenvalue weighted by Gasteiger charge is -2.19. The van der Waals surface area contributed by atoms with Crippen molar-refractivity contribution in [2.45, 2.75) is 39.7 Å². The van der Waals surface area contributed by atoms with E-state index < -0.39 is 0 Å². The van der Waals surface area contributed by atoms with Crippen molar-refractivity contribution in [1.82, 2.24) is 10.2 Å². The van der Waals surface area contributed by atoms with Crippen molar-refractivity contribution in [2.24, 2.45) is 5.92 Å². The Hall–Kier alpha value is -1.59. The highest BCUT2D eigenvalue weighted by molar-refractivity contribution is 6.33. The molecule has 24 heavy (non-hydrogen) atoms. The molecule has 1 aromatic carbocycles. The van der Waals surface area contributed by atoms with Crippen LogP contribution >= 0.6 is 11.6 Å². The molecule has 0 aliphatic rings. The van der Waals surface area contributed by atoms with E-state index in [2.05, 4.69) is 24.5 Å². The number of nitrogens with one attached hydrogen (secondary N) is 2. The Balaban J connectivity index is 2.34. The number of nitrogens with zero attached hydrogens (tertiary/aromatic N) is 1. The van der Waals surface area contributed by atoms with Crippen molar-refractivity contribution >= 4 is 29.1 Å². The highest BCUT2D eigenvalue weighted by Crippen LogP contribution is 2.20. The molecule has 0 bridgehead atoms. The summed E-state index contributed by atoms with van der Waals surface area (Å²) in [6.45, 7) is 6.64. The molecule has 2 amide bonds. The summed E-state index contributed by atoms with van der Waals surface area (Å²) in [6.07, 6.45) is 2.04. The van der Waals surface area contributed by atoms with Gasteiger partial charge in [-0.15, -0.1) is 0 Å². The molecule has 0 spiro atoms. The summed E-state index contributed by atoms with van der Waals surface area (Å²) in [7, 11) is 1.74. The van der Waals surface area contributed by atoms with Gasteiger partial charge in [0.05, 0.1) is 23.8 Å². The molecular formula is C18H28ClN3O2. The van der Waals surface area contributed by atoms with Gasteiger partial charge in [-0.25, -0.2) is 0 Å². The lowest BCUT2D eigenvalue weighted by atomic mass is 10.0. The summed E-state index contributed by atoms with van der Waals surface area (Å²) < 4.78 is 0. The summed E-state index contributed by atoms with van der Waals surface area (Å²) in [5, 5.41) is 6.20. The number of amides is 2. The first-order valence-electron chi connectivity index (χ1n) is 8.30. The zero-order valence-corrected chi connectivity index (χ0v) is 15.7. The van der Waals surface area contributed by atoms with Gasteiger partial charge in [0.15, 0.2) is 0 Å². The van der Waals surface area contributed by atoms with Gasteiger partial charge in [-0.1, -0.05) is 37.6 Å². The molecule has 5 nitrogen and oxygen atoms in total. The molecule has 0 aliphatic heterocycles. The summed E-state index contributed by atoms with van der Waals surface area (Å²) in [6, 6.07) is 7.20. The first-order chi connectivity index (χ1) is 11.3. The Morgan fingerprint density at radius 2 is 1.71 bits per heavy atom. The number of hydrogen-bond acceptors (Lipinski definition) is 3. The van der Waals surface area contributed by atoms with E-state index in [-0.39, 0.29) is 30.9 Å². The molecule has 0 saturated carbocycles. The second kappa shape index (κ2) is 10.3. The van der Waals surface area contributed by atoms with Crippen LogP contribution in [-0.2, 0) is 9.59 Å². The maximum absolute atomic E-state index is 12.0. The third-order valence-electron chi connectivity index (χ3n) is 3.56. The normalized spacial score (nSPS) is 12.3. The van der Waals surface area contributed by atoms with Crippen LogP contribution in [0.25, 0.3) is 0 Å². The first kappa shape index (κ1) is 20.5. The van der Waals surface area contributed by atoms with Gasteiger partial charge in [-0.05, 0) is 44.9 Å². The summed E-state index contributed by atoms with van der Waals surface area (Å²) in [5.74, 6) is 0.353. The summed E-state index contributed by atoms with van der Waals surface area (Å²) >= 11 is 6.01. The Bertz CT molecular complexity index is 549. The molecule has 0 aromatic heterocycles. The Kier molecular flexibility index (Phi) is 8.79. The molecule has 1 atom stereocenters. The van der Waals surface area contributed by atoms with E-state index in [1.165, 1.54) is 0 Å². The quantitative estimate of drug-likeness (QED) is 0.717. The molecule has 134 valence electrons. The van der Waals surface area contributed by atoms with Crippen LogP contribution < -0.4 is 10.6 Å². The number of likely N-dealkylation sites (N-methyl/N-ethyl adjacent to an activating group) is 1. The van der Waals surface area contributed by atoms with Gasteiger partial charge in [0.2, 0.25) is 11.8 Å². The third-order valence-corrected chi connectivity index (χ3v) is 3.89. The van der Waals surface area contributed by atoms with E-state index >= 15 is 0 Å². The van der Waals surface area contributed by atoms with E-state index in [4.69, 9.17) is 11.6 Å². The van der Waals surface area contributed by atoms with Crippen LogP contribution in [0.3, 0.4) is 0 Å². The van der Waals surface area contributed by atoms with Gasteiger partial charge in [0, 0.05) is 6.04 Å². The van der Waals surface area contributed by atoms with Crippen molar-refractivity contribution in [3.63, 3.8) is 0 Å². The number of rotatable bonds is 9. The van der Waals surface area contributed by atoms with Gasteiger partial charge >= 0.3 is 0 Å². The van der Waals surface area contributed by atoms with E-state index in [9.17, 15) is 9.59 Å². The van der Waals surface area contributed by atoms with Crippen LogP contribution in [0.5, 0.6) is 0 Å². The highest BCUT2D eigenvalue weighted by atomic mass is 35.5. The van der Waals surface area contributed by atoms with Crippen molar-refractivity contribution < 1.29 is 9.59 Å². The standard InChI is InChI=1S/C18H28ClN3O2/c1-13(2)9-10-14(3)20-17(23)11-22(4)12-18(24)21-16-8-6-5-7-15(16)19/h5-8,13-14H,9-12H2,1-4H3,(H,20,23)(H,21,24)/t14-/m0/s1. The molecule has 2 N–H and O–H groups in total. The lowest BCUT2D eigenvalue weighted by molar-refractivity contribution is -0.123. The average Bonchev–Trinajstić information content (AvgIpc) is 2.47. The molecule has 1 rings (SSSR count). The van der Waals surface area contributed by atoms with Crippen LogP contribution in [0.1, 0.15) is 33.6 Å². The fourth-order valence-electron chi connectivity index (χ4n) is 2.27. The van der Waals surface area contributed by atoms with Crippen molar-refractivity contribution in [2.75, 3.05) is 25.5 Å². The van der Waals surface area contributed by atoms with Crippen molar-refractivity contribution in [1.29, 1.82) is 0 Å². The Labute approximate surface area is 149 Å². The monoisotopic (exact) mass is 353 g/mol. The summed E-state index contributed by atoms with van der Waals surface area (Å²) in [5.41, 5.74) is 0.573. The minimum atomic E-state index is -0.203. The molecule has 0 saturated heterocycles. The average molecular weight is 354 g/mol. The fourth-order valence-corrected chi connectivity index (χ4v) is 2.46. The van der Waals surface area contributed by atoms with Crippen LogP contribution in [0, 0.1) is 5.92 Å². The molecule has 0 unspecified atom stereocenters. The molecule has 0 aliphatic carbocycles. The number of benzene rings is 1. The number of para-hydroxylation sites is 1.